The Kier molecular flexibility index (Phi) is 6.22. The smallest absolute Gasteiger partial charge is 0.255 e. The summed E-state index contributed by atoms with van der Waals surface area (Å²) in [4.78, 5) is 15.4. The van der Waals surface area contributed by atoms with Crippen molar-refractivity contribution in [3.8, 4) is 0 Å². The van der Waals surface area contributed by atoms with Crippen molar-refractivity contribution in [3.63, 3.8) is 0 Å². The molecule has 0 aliphatic carbocycles. The molecule has 0 atom stereocenters. The molecule has 3 aromatic rings. The van der Waals surface area contributed by atoms with E-state index >= 15 is 0 Å². The number of nitrogens with zero attached hydrogens (tertiary/aromatic N) is 2. The van der Waals surface area contributed by atoms with E-state index in [1.54, 1.807) is 36.4 Å². The fourth-order valence-electron chi connectivity index (χ4n) is 3.72. The zero-order chi connectivity index (χ0) is 23.7. The lowest BCUT2D eigenvalue weighted by molar-refractivity contribution is 0.102. The van der Waals surface area contributed by atoms with Gasteiger partial charge in [-0.05, 0) is 43.3 Å². The van der Waals surface area contributed by atoms with Gasteiger partial charge in [-0.1, -0.05) is 17.7 Å². The average Bonchev–Trinajstić information content (AvgIpc) is 2.83. The highest BCUT2D eigenvalue weighted by Gasteiger charge is 2.30. The van der Waals surface area contributed by atoms with E-state index in [2.05, 4.69) is 5.32 Å². The molecule has 1 saturated heterocycles. The highest BCUT2D eigenvalue weighted by molar-refractivity contribution is 6.04. The van der Waals surface area contributed by atoms with Gasteiger partial charge in [-0.25, -0.2) is 22.0 Å². The Bertz CT molecular complexity index is 1150. The van der Waals surface area contributed by atoms with Crippen molar-refractivity contribution in [3.05, 3.63) is 88.7 Å². The molecular formula is C24H20F5N3O. The molecule has 172 valence electrons. The number of carbonyl (C=O) groups is 1. The second-order valence-corrected chi connectivity index (χ2v) is 7.76. The minimum Gasteiger partial charge on any atom is -0.368 e. The summed E-state index contributed by atoms with van der Waals surface area (Å²) in [6.45, 7) is 2.71. The van der Waals surface area contributed by atoms with Crippen LogP contribution in [0.15, 0.2) is 48.5 Å². The number of nitrogens with one attached hydrogen (secondary N) is 1. The maximum Gasteiger partial charge on any atom is 0.255 e. The van der Waals surface area contributed by atoms with Crippen molar-refractivity contribution in [1.29, 1.82) is 0 Å². The van der Waals surface area contributed by atoms with Crippen LogP contribution in [0.2, 0.25) is 0 Å². The molecule has 9 heteroatoms. The molecule has 1 fully saturated rings. The molecule has 0 radical (unpaired) electrons. The fourth-order valence-corrected chi connectivity index (χ4v) is 3.72. The minimum absolute atomic E-state index is 0.0737. The predicted molar refractivity (Wildman–Crippen MR) is 116 cm³/mol. The number of benzene rings is 3. The normalized spacial score (nSPS) is 13.9. The van der Waals surface area contributed by atoms with Crippen molar-refractivity contribution in [2.75, 3.05) is 41.3 Å². The lowest BCUT2D eigenvalue weighted by Gasteiger charge is -2.37. The van der Waals surface area contributed by atoms with Crippen molar-refractivity contribution in [1.82, 2.24) is 0 Å². The van der Waals surface area contributed by atoms with Crippen LogP contribution in [0.4, 0.5) is 39.0 Å². The summed E-state index contributed by atoms with van der Waals surface area (Å²) in [5.74, 6) is -9.95. The topological polar surface area (TPSA) is 35.6 Å². The van der Waals surface area contributed by atoms with E-state index in [4.69, 9.17) is 0 Å². The van der Waals surface area contributed by atoms with Gasteiger partial charge in [0.15, 0.2) is 23.3 Å². The van der Waals surface area contributed by atoms with Crippen molar-refractivity contribution >= 4 is 23.0 Å². The van der Waals surface area contributed by atoms with Crippen LogP contribution in [-0.4, -0.2) is 32.1 Å². The third kappa shape index (κ3) is 4.48. The van der Waals surface area contributed by atoms with Crippen LogP contribution >= 0.6 is 0 Å². The van der Waals surface area contributed by atoms with Gasteiger partial charge in [0.05, 0.1) is 0 Å². The van der Waals surface area contributed by atoms with Crippen molar-refractivity contribution in [2.24, 2.45) is 0 Å². The second kappa shape index (κ2) is 9.09. The first-order valence-electron chi connectivity index (χ1n) is 10.3. The van der Waals surface area contributed by atoms with E-state index in [0.29, 0.717) is 24.3 Å². The molecule has 1 N–H and O–H groups in total. The first kappa shape index (κ1) is 22.6. The van der Waals surface area contributed by atoms with Gasteiger partial charge in [-0.3, -0.25) is 4.79 Å². The maximum atomic E-state index is 14.1. The van der Waals surface area contributed by atoms with Crippen LogP contribution in [0.3, 0.4) is 0 Å². The summed E-state index contributed by atoms with van der Waals surface area (Å²) in [5, 5.41) is 2.81. The molecule has 1 heterocycles. The molecule has 0 spiro atoms. The van der Waals surface area contributed by atoms with Gasteiger partial charge in [0, 0.05) is 43.1 Å². The zero-order valence-electron chi connectivity index (χ0n) is 17.6. The van der Waals surface area contributed by atoms with E-state index < -0.39 is 34.8 Å². The van der Waals surface area contributed by atoms with E-state index in [1.807, 2.05) is 24.0 Å². The van der Waals surface area contributed by atoms with Crippen LogP contribution in [0.5, 0.6) is 0 Å². The van der Waals surface area contributed by atoms with Crippen LogP contribution in [-0.2, 0) is 0 Å². The number of amides is 1. The molecule has 0 unspecified atom stereocenters. The number of rotatable bonds is 4. The summed E-state index contributed by atoms with van der Waals surface area (Å²) in [6, 6.07) is 14.2. The number of carbonyl (C=O) groups excluding carboxylic acids is 1. The van der Waals surface area contributed by atoms with Gasteiger partial charge in [0.1, 0.15) is 5.69 Å². The Morgan fingerprint density at radius 2 is 1.18 bits per heavy atom. The van der Waals surface area contributed by atoms with Gasteiger partial charge in [0.25, 0.3) is 5.91 Å². The number of anilines is 3. The molecule has 0 bridgehead atoms. The largest absolute Gasteiger partial charge is 0.368 e. The molecule has 0 aromatic heterocycles. The summed E-state index contributed by atoms with van der Waals surface area (Å²) in [5.41, 5.74) is 2.09. The van der Waals surface area contributed by atoms with Gasteiger partial charge in [-0.15, -0.1) is 0 Å². The molecule has 4 rings (SSSR count). The molecule has 1 aliphatic heterocycles. The Balaban J connectivity index is 1.41. The van der Waals surface area contributed by atoms with E-state index in [-0.39, 0.29) is 19.0 Å². The van der Waals surface area contributed by atoms with Gasteiger partial charge in [-0.2, -0.15) is 0 Å². The minimum atomic E-state index is -2.16. The summed E-state index contributed by atoms with van der Waals surface area (Å²) >= 11 is 0. The number of hydrogen-bond donors (Lipinski definition) is 1. The average molecular weight is 461 g/mol. The van der Waals surface area contributed by atoms with E-state index in [1.165, 1.54) is 0 Å². The number of piperazine rings is 1. The van der Waals surface area contributed by atoms with Gasteiger partial charge >= 0.3 is 0 Å². The lowest BCUT2D eigenvalue weighted by atomic mass is 10.1. The first-order chi connectivity index (χ1) is 15.8. The first-order valence-corrected chi connectivity index (χ1v) is 10.3. The second-order valence-electron chi connectivity index (χ2n) is 7.76. The standard InChI is InChI=1S/C24H20F5N3O/c1-14-2-4-15(5-3-14)24(33)30-16-6-8-17(9-7-16)31-10-12-32(13-11-31)23-21(28)19(26)18(25)20(27)22(23)29/h2-9H,10-13H2,1H3,(H,30,33). The summed E-state index contributed by atoms with van der Waals surface area (Å²) < 4.78 is 68.5. The number of halogens is 5. The molecule has 1 aliphatic rings. The third-order valence-corrected chi connectivity index (χ3v) is 5.59. The molecule has 3 aromatic carbocycles. The SMILES string of the molecule is Cc1ccc(C(=O)Nc2ccc(N3CCN(c4c(F)c(F)c(F)c(F)c4F)CC3)cc2)cc1. The molecule has 33 heavy (non-hydrogen) atoms. The highest BCUT2D eigenvalue weighted by atomic mass is 19.2. The van der Waals surface area contributed by atoms with Gasteiger partial charge < -0.3 is 15.1 Å². The van der Waals surface area contributed by atoms with Crippen molar-refractivity contribution < 1.29 is 26.7 Å². The monoisotopic (exact) mass is 461 g/mol. The predicted octanol–water partition coefficient (Wildman–Crippen LogP) is 5.27. The lowest BCUT2D eigenvalue weighted by Crippen LogP contribution is -2.47. The Morgan fingerprint density at radius 3 is 1.73 bits per heavy atom. The fraction of sp³-hybridized carbons (Fsp3) is 0.208. The van der Waals surface area contributed by atoms with Gasteiger partial charge in [0.2, 0.25) is 5.82 Å². The molecule has 1 amide bonds. The van der Waals surface area contributed by atoms with Crippen LogP contribution in [0.25, 0.3) is 0 Å². The molecule has 0 saturated carbocycles. The quantitative estimate of drug-likeness (QED) is 0.327. The van der Waals surface area contributed by atoms with E-state index in [0.717, 1.165) is 16.2 Å². The Labute approximate surface area is 187 Å². The summed E-state index contributed by atoms with van der Waals surface area (Å²) in [7, 11) is 0. The maximum absolute atomic E-state index is 14.1. The summed E-state index contributed by atoms with van der Waals surface area (Å²) in [6.07, 6.45) is 0. The van der Waals surface area contributed by atoms with Crippen LogP contribution in [0, 0.1) is 36.0 Å². The van der Waals surface area contributed by atoms with E-state index in [9.17, 15) is 26.7 Å². The molecular weight excluding hydrogens is 441 g/mol. The third-order valence-electron chi connectivity index (χ3n) is 5.59. The number of aryl methyl sites for hydroxylation is 1. The van der Waals surface area contributed by atoms with Crippen molar-refractivity contribution in [2.45, 2.75) is 6.92 Å². The number of hydrogen-bond acceptors (Lipinski definition) is 3. The van der Waals surface area contributed by atoms with Crippen LogP contribution < -0.4 is 15.1 Å². The zero-order valence-corrected chi connectivity index (χ0v) is 17.6. The Hall–Kier alpha value is -3.62. The van der Waals surface area contributed by atoms with Crippen LogP contribution in [0.1, 0.15) is 15.9 Å². The highest BCUT2D eigenvalue weighted by Crippen LogP contribution is 2.31. The molecule has 4 nitrogen and oxygen atoms in total. The Morgan fingerprint density at radius 1 is 0.697 bits per heavy atom.